The molecular formula is C15H30N2O3. The first-order chi connectivity index (χ1) is 9.45. The Morgan fingerprint density at radius 1 is 1.55 bits per heavy atom. The van der Waals surface area contributed by atoms with Crippen LogP contribution in [0.2, 0.25) is 0 Å². The van der Waals surface area contributed by atoms with Crippen LogP contribution in [0, 0.1) is 0 Å². The van der Waals surface area contributed by atoms with E-state index in [9.17, 15) is 9.90 Å². The van der Waals surface area contributed by atoms with Crippen molar-refractivity contribution in [3.8, 4) is 0 Å². The van der Waals surface area contributed by atoms with Crippen molar-refractivity contribution in [3.05, 3.63) is 0 Å². The minimum Gasteiger partial charge on any atom is -0.480 e. The second kappa shape index (κ2) is 7.96. The maximum Gasteiger partial charge on any atom is 0.323 e. The Labute approximate surface area is 122 Å². The predicted octanol–water partition coefficient (Wildman–Crippen LogP) is 1.72. The lowest BCUT2D eigenvalue weighted by Gasteiger charge is -2.43. The van der Waals surface area contributed by atoms with Crippen LogP contribution in [0.25, 0.3) is 0 Å². The summed E-state index contributed by atoms with van der Waals surface area (Å²) in [5, 5.41) is 13.0. The molecular weight excluding hydrogens is 256 g/mol. The number of carboxylic acid groups (broad SMARTS) is 1. The molecule has 0 heterocycles. The number of methoxy groups -OCH3 is 1. The van der Waals surface area contributed by atoms with Gasteiger partial charge in [-0.1, -0.05) is 6.92 Å². The van der Waals surface area contributed by atoms with Crippen LogP contribution in [-0.4, -0.2) is 60.4 Å². The van der Waals surface area contributed by atoms with Crippen LogP contribution in [0.1, 0.15) is 46.5 Å². The third-order valence-electron chi connectivity index (χ3n) is 4.20. The predicted molar refractivity (Wildman–Crippen MR) is 80.0 cm³/mol. The monoisotopic (exact) mass is 286 g/mol. The molecule has 20 heavy (non-hydrogen) atoms. The topological polar surface area (TPSA) is 61.8 Å². The number of hydrogen-bond donors (Lipinski definition) is 2. The van der Waals surface area contributed by atoms with E-state index in [1.165, 1.54) is 0 Å². The van der Waals surface area contributed by atoms with Crippen LogP contribution < -0.4 is 5.32 Å². The second-order valence-electron chi connectivity index (χ2n) is 6.06. The van der Waals surface area contributed by atoms with E-state index in [-0.39, 0.29) is 6.04 Å². The van der Waals surface area contributed by atoms with Crippen molar-refractivity contribution >= 4 is 5.97 Å². The van der Waals surface area contributed by atoms with E-state index in [0.717, 1.165) is 32.4 Å². The number of ether oxygens (including phenoxy) is 1. The van der Waals surface area contributed by atoms with Crippen molar-refractivity contribution in [1.82, 2.24) is 10.2 Å². The fraction of sp³-hybridized carbons (Fsp3) is 0.933. The van der Waals surface area contributed by atoms with Crippen LogP contribution in [0.15, 0.2) is 0 Å². The lowest BCUT2D eigenvalue weighted by Crippen LogP contribution is -2.60. The number of nitrogens with zero attached hydrogens (tertiary/aromatic N) is 1. The van der Waals surface area contributed by atoms with Crippen LogP contribution >= 0.6 is 0 Å². The number of nitrogens with one attached hydrogen (secondary N) is 1. The fourth-order valence-corrected chi connectivity index (χ4v) is 3.30. The Kier molecular flexibility index (Phi) is 6.92. The summed E-state index contributed by atoms with van der Waals surface area (Å²) >= 11 is 0. The molecule has 2 N–H and O–H groups in total. The molecule has 2 unspecified atom stereocenters. The molecule has 1 rings (SSSR count). The highest BCUT2D eigenvalue weighted by Crippen LogP contribution is 2.32. The lowest BCUT2D eigenvalue weighted by atomic mass is 9.78. The third kappa shape index (κ3) is 4.43. The van der Waals surface area contributed by atoms with E-state index < -0.39 is 11.5 Å². The first-order valence-electron chi connectivity index (χ1n) is 7.69. The zero-order valence-corrected chi connectivity index (χ0v) is 13.3. The van der Waals surface area contributed by atoms with E-state index >= 15 is 0 Å². The molecule has 0 saturated heterocycles. The van der Waals surface area contributed by atoms with Crippen molar-refractivity contribution in [2.75, 3.05) is 26.8 Å². The van der Waals surface area contributed by atoms with E-state index in [0.29, 0.717) is 19.1 Å². The Bertz CT molecular complexity index is 309. The zero-order valence-electron chi connectivity index (χ0n) is 13.3. The molecule has 0 bridgehead atoms. The maximum atomic E-state index is 11.8. The van der Waals surface area contributed by atoms with E-state index in [2.05, 4.69) is 17.1 Å². The lowest BCUT2D eigenvalue weighted by molar-refractivity contribution is -0.148. The Balaban J connectivity index is 2.77. The summed E-state index contributed by atoms with van der Waals surface area (Å²) in [5.74, 6) is -0.710. The average Bonchev–Trinajstić information content (AvgIpc) is 2.39. The normalized spacial score (nSPS) is 27.2. The molecule has 0 aromatic carbocycles. The van der Waals surface area contributed by atoms with Gasteiger partial charge in [0.05, 0.1) is 6.61 Å². The molecule has 2 atom stereocenters. The second-order valence-corrected chi connectivity index (χ2v) is 6.06. The average molecular weight is 286 g/mol. The van der Waals surface area contributed by atoms with Crippen LogP contribution in [0.5, 0.6) is 0 Å². The first kappa shape index (κ1) is 17.4. The highest BCUT2D eigenvalue weighted by Gasteiger charge is 2.44. The van der Waals surface area contributed by atoms with Gasteiger partial charge in [-0.25, -0.2) is 0 Å². The first-order valence-corrected chi connectivity index (χ1v) is 7.69. The molecule has 0 aromatic heterocycles. The van der Waals surface area contributed by atoms with Crippen molar-refractivity contribution < 1.29 is 14.6 Å². The molecule has 1 fully saturated rings. The van der Waals surface area contributed by atoms with Gasteiger partial charge in [0.1, 0.15) is 5.54 Å². The van der Waals surface area contributed by atoms with E-state index in [1.54, 1.807) is 7.11 Å². The SMILES string of the molecule is CCN(CCOC)C1CCCC(NC(C)C)(C(=O)O)C1. The molecule has 0 aromatic rings. The Morgan fingerprint density at radius 2 is 2.25 bits per heavy atom. The minimum absolute atomic E-state index is 0.180. The van der Waals surface area contributed by atoms with Gasteiger partial charge >= 0.3 is 5.97 Å². The third-order valence-corrected chi connectivity index (χ3v) is 4.20. The highest BCUT2D eigenvalue weighted by atomic mass is 16.5. The molecule has 118 valence electrons. The minimum atomic E-state index is -0.766. The van der Waals surface area contributed by atoms with E-state index in [4.69, 9.17) is 4.74 Å². The molecule has 5 nitrogen and oxygen atoms in total. The van der Waals surface area contributed by atoms with Gasteiger partial charge in [-0.05, 0) is 46.1 Å². The van der Waals surface area contributed by atoms with Gasteiger partial charge in [0.15, 0.2) is 0 Å². The smallest absolute Gasteiger partial charge is 0.323 e. The summed E-state index contributed by atoms with van der Waals surface area (Å²) in [7, 11) is 1.70. The van der Waals surface area contributed by atoms with Crippen LogP contribution in [0.4, 0.5) is 0 Å². The number of rotatable bonds is 8. The Morgan fingerprint density at radius 3 is 2.75 bits per heavy atom. The van der Waals surface area contributed by atoms with Gasteiger partial charge in [0.25, 0.3) is 0 Å². The summed E-state index contributed by atoms with van der Waals surface area (Å²) in [6.07, 6.45) is 3.43. The molecule has 0 radical (unpaired) electrons. The molecule has 0 aliphatic heterocycles. The van der Waals surface area contributed by atoms with Crippen LogP contribution in [0.3, 0.4) is 0 Å². The molecule has 1 aliphatic carbocycles. The molecule has 1 saturated carbocycles. The highest BCUT2D eigenvalue weighted by molar-refractivity contribution is 5.79. The summed E-state index contributed by atoms with van der Waals surface area (Å²) in [6, 6.07) is 0.505. The van der Waals surface area contributed by atoms with Crippen molar-refractivity contribution in [2.45, 2.75) is 64.1 Å². The van der Waals surface area contributed by atoms with Gasteiger partial charge < -0.3 is 9.84 Å². The van der Waals surface area contributed by atoms with Crippen molar-refractivity contribution in [1.29, 1.82) is 0 Å². The summed E-state index contributed by atoms with van der Waals surface area (Å²) in [4.78, 5) is 14.1. The molecule has 1 aliphatic rings. The molecule has 5 heteroatoms. The number of likely N-dealkylation sites (N-methyl/N-ethyl adjacent to an activating group) is 1. The number of aliphatic carboxylic acids is 1. The van der Waals surface area contributed by atoms with Gasteiger partial charge in [0, 0.05) is 25.7 Å². The quantitative estimate of drug-likeness (QED) is 0.711. The van der Waals surface area contributed by atoms with E-state index in [1.807, 2.05) is 13.8 Å². The van der Waals surface area contributed by atoms with Crippen LogP contribution in [-0.2, 0) is 9.53 Å². The fourth-order valence-electron chi connectivity index (χ4n) is 3.30. The zero-order chi connectivity index (χ0) is 15.2. The largest absolute Gasteiger partial charge is 0.480 e. The van der Waals surface area contributed by atoms with Gasteiger partial charge in [-0.3, -0.25) is 15.0 Å². The molecule has 0 spiro atoms. The summed E-state index contributed by atoms with van der Waals surface area (Å²) in [5.41, 5.74) is -0.766. The standard InChI is InChI=1S/C15H30N2O3/c1-5-17(9-10-20-4)13-7-6-8-15(11-13,14(18)19)16-12(2)3/h12-13,16H,5-11H2,1-4H3,(H,18,19). The maximum absolute atomic E-state index is 11.8. The summed E-state index contributed by atoms with van der Waals surface area (Å²) in [6.45, 7) is 8.65. The van der Waals surface area contributed by atoms with Gasteiger partial charge in [-0.15, -0.1) is 0 Å². The number of hydrogen-bond acceptors (Lipinski definition) is 4. The Hall–Kier alpha value is -0.650. The van der Waals surface area contributed by atoms with Crippen molar-refractivity contribution in [3.63, 3.8) is 0 Å². The summed E-state index contributed by atoms with van der Waals surface area (Å²) < 4.78 is 5.16. The molecule has 0 amide bonds. The van der Waals surface area contributed by atoms with Gasteiger partial charge in [-0.2, -0.15) is 0 Å². The number of carboxylic acids is 1. The number of carbonyl (C=O) groups is 1. The van der Waals surface area contributed by atoms with Crippen molar-refractivity contribution in [2.24, 2.45) is 0 Å². The van der Waals surface area contributed by atoms with Gasteiger partial charge in [0.2, 0.25) is 0 Å².